The number of nitrogens with one attached hydrogen (secondary N) is 1. The summed E-state index contributed by atoms with van der Waals surface area (Å²) in [6.07, 6.45) is -4.10. The fourth-order valence-corrected chi connectivity index (χ4v) is 2.55. The molecule has 23 heavy (non-hydrogen) atoms. The summed E-state index contributed by atoms with van der Waals surface area (Å²) in [7, 11) is 0. The van der Waals surface area contributed by atoms with Crippen molar-refractivity contribution in [3.05, 3.63) is 35.4 Å². The van der Waals surface area contributed by atoms with Crippen LogP contribution in [0, 0.1) is 5.92 Å². The van der Waals surface area contributed by atoms with Gasteiger partial charge in [-0.05, 0) is 37.8 Å². The lowest BCUT2D eigenvalue weighted by molar-refractivity contribution is -0.147. The number of carbonyl (C=O) groups is 2. The zero-order valence-corrected chi connectivity index (χ0v) is 12.8. The van der Waals surface area contributed by atoms with Crippen LogP contribution in [-0.4, -0.2) is 24.5 Å². The number of esters is 1. The number of halogens is 3. The Morgan fingerprint density at radius 3 is 2.61 bits per heavy atom. The topological polar surface area (TPSA) is 55.4 Å². The first-order valence-corrected chi connectivity index (χ1v) is 7.38. The zero-order chi connectivity index (χ0) is 17.2. The van der Waals surface area contributed by atoms with Gasteiger partial charge in [-0.25, -0.2) is 4.79 Å². The van der Waals surface area contributed by atoms with Crippen LogP contribution in [0.2, 0.25) is 0 Å². The molecule has 0 heterocycles. The van der Waals surface area contributed by atoms with Gasteiger partial charge in [0.25, 0.3) is 0 Å². The molecule has 0 spiro atoms. The first kappa shape index (κ1) is 17.3. The first-order chi connectivity index (χ1) is 10.8. The van der Waals surface area contributed by atoms with Gasteiger partial charge in [0.2, 0.25) is 5.91 Å². The lowest BCUT2D eigenvalue weighted by atomic mass is 10.0. The van der Waals surface area contributed by atoms with Crippen LogP contribution in [0.3, 0.4) is 0 Å². The monoisotopic (exact) mass is 329 g/mol. The van der Waals surface area contributed by atoms with Gasteiger partial charge >= 0.3 is 12.1 Å². The maximum Gasteiger partial charge on any atom is 0.416 e. The van der Waals surface area contributed by atoms with Crippen molar-refractivity contribution in [2.45, 2.75) is 38.4 Å². The van der Waals surface area contributed by atoms with Crippen molar-refractivity contribution in [3.63, 3.8) is 0 Å². The molecule has 1 amide bonds. The highest BCUT2D eigenvalue weighted by atomic mass is 19.4. The number of alkyl halides is 3. The van der Waals surface area contributed by atoms with Crippen molar-refractivity contribution in [1.29, 1.82) is 0 Å². The number of hydrogen-bond acceptors (Lipinski definition) is 3. The van der Waals surface area contributed by atoms with Crippen LogP contribution < -0.4 is 5.32 Å². The van der Waals surface area contributed by atoms with E-state index in [9.17, 15) is 22.8 Å². The zero-order valence-electron chi connectivity index (χ0n) is 12.8. The summed E-state index contributed by atoms with van der Waals surface area (Å²) in [6.45, 7) is 3.33. The van der Waals surface area contributed by atoms with Crippen molar-refractivity contribution in [1.82, 2.24) is 5.32 Å². The van der Waals surface area contributed by atoms with Crippen molar-refractivity contribution in [2.24, 2.45) is 5.92 Å². The average molecular weight is 329 g/mol. The third-order valence-electron chi connectivity index (χ3n) is 3.79. The normalized spacial score (nSPS) is 21.4. The Balaban J connectivity index is 2.03. The van der Waals surface area contributed by atoms with Gasteiger partial charge in [0.05, 0.1) is 12.2 Å². The van der Waals surface area contributed by atoms with Crippen molar-refractivity contribution in [3.8, 4) is 0 Å². The summed E-state index contributed by atoms with van der Waals surface area (Å²) in [5.74, 6) is -2.00. The molecule has 2 rings (SSSR count). The van der Waals surface area contributed by atoms with Gasteiger partial charge in [-0.1, -0.05) is 18.2 Å². The molecule has 126 valence electrons. The minimum atomic E-state index is -4.45. The van der Waals surface area contributed by atoms with E-state index in [1.165, 1.54) is 25.1 Å². The second-order valence-corrected chi connectivity index (χ2v) is 5.52. The maximum atomic E-state index is 13.0. The van der Waals surface area contributed by atoms with E-state index in [-0.39, 0.29) is 12.2 Å². The molecule has 0 radical (unpaired) electrons. The minimum absolute atomic E-state index is 0.129. The molecule has 1 aliphatic carbocycles. The van der Waals surface area contributed by atoms with Gasteiger partial charge in [0.1, 0.15) is 6.04 Å². The Labute approximate surface area is 132 Å². The van der Waals surface area contributed by atoms with Gasteiger partial charge in [-0.3, -0.25) is 4.79 Å². The second-order valence-electron chi connectivity index (χ2n) is 5.52. The minimum Gasteiger partial charge on any atom is -0.464 e. The number of hydrogen-bond donors (Lipinski definition) is 1. The number of benzene rings is 1. The van der Waals surface area contributed by atoms with Gasteiger partial charge in [0, 0.05) is 5.92 Å². The molecule has 7 heteroatoms. The lowest BCUT2D eigenvalue weighted by Gasteiger charge is -2.14. The fourth-order valence-electron chi connectivity index (χ4n) is 2.55. The highest BCUT2D eigenvalue weighted by molar-refractivity contribution is 5.88. The molecule has 1 aromatic rings. The van der Waals surface area contributed by atoms with Gasteiger partial charge < -0.3 is 10.1 Å². The highest BCUT2D eigenvalue weighted by Crippen LogP contribution is 2.51. The van der Waals surface area contributed by atoms with Crippen molar-refractivity contribution >= 4 is 11.9 Å². The largest absolute Gasteiger partial charge is 0.464 e. The predicted molar refractivity (Wildman–Crippen MR) is 76.5 cm³/mol. The summed E-state index contributed by atoms with van der Waals surface area (Å²) >= 11 is 0. The lowest BCUT2D eigenvalue weighted by Crippen LogP contribution is -2.40. The molecule has 0 aliphatic heterocycles. The van der Waals surface area contributed by atoms with Crippen LogP contribution in [0.25, 0.3) is 0 Å². The smallest absolute Gasteiger partial charge is 0.416 e. The SMILES string of the molecule is CCOC(=O)C(C)NC(=O)C1CC1c1ccccc1C(F)(F)F. The van der Waals surface area contributed by atoms with Crippen molar-refractivity contribution in [2.75, 3.05) is 6.61 Å². The Morgan fingerprint density at radius 1 is 1.35 bits per heavy atom. The number of rotatable bonds is 5. The second kappa shape index (κ2) is 6.60. The van der Waals surface area contributed by atoms with Crippen LogP contribution in [0.1, 0.15) is 37.3 Å². The van der Waals surface area contributed by atoms with Crippen LogP contribution in [0.4, 0.5) is 13.2 Å². The highest BCUT2D eigenvalue weighted by Gasteiger charge is 2.48. The molecule has 4 nitrogen and oxygen atoms in total. The standard InChI is InChI=1S/C16H18F3NO3/c1-3-23-15(22)9(2)20-14(21)12-8-11(12)10-6-4-5-7-13(10)16(17,18)19/h4-7,9,11-12H,3,8H2,1-2H3,(H,20,21). The summed E-state index contributed by atoms with van der Waals surface area (Å²) < 4.78 is 43.8. The van der Waals surface area contributed by atoms with E-state index in [1.54, 1.807) is 6.92 Å². The van der Waals surface area contributed by atoms with Crippen molar-refractivity contribution < 1.29 is 27.5 Å². The molecule has 1 aromatic carbocycles. The average Bonchev–Trinajstić information content (AvgIpc) is 3.27. The predicted octanol–water partition coefficient (Wildman–Crippen LogP) is 2.88. The molecular weight excluding hydrogens is 311 g/mol. The summed E-state index contributed by atoms with van der Waals surface area (Å²) in [6, 6.07) is 4.45. The Kier molecular flexibility index (Phi) is 4.97. The molecule has 3 atom stereocenters. The molecule has 0 bridgehead atoms. The van der Waals surface area contributed by atoms with Crippen LogP contribution in [-0.2, 0) is 20.5 Å². The van der Waals surface area contributed by atoms with Crippen LogP contribution in [0.5, 0.6) is 0 Å². The Hall–Kier alpha value is -2.05. The Bertz CT molecular complexity index is 600. The molecule has 1 N–H and O–H groups in total. The molecule has 0 aromatic heterocycles. The molecule has 1 fully saturated rings. The third-order valence-corrected chi connectivity index (χ3v) is 3.79. The number of ether oxygens (including phenoxy) is 1. The maximum absolute atomic E-state index is 13.0. The van der Waals surface area contributed by atoms with Gasteiger partial charge in [-0.15, -0.1) is 0 Å². The van der Waals surface area contributed by atoms with E-state index in [0.717, 1.165) is 6.07 Å². The summed E-state index contributed by atoms with van der Waals surface area (Å²) in [4.78, 5) is 23.5. The van der Waals surface area contributed by atoms with E-state index in [2.05, 4.69) is 5.32 Å². The Morgan fingerprint density at radius 2 is 2.00 bits per heavy atom. The van der Waals surface area contributed by atoms with E-state index in [0.29, 0.717) is 6.42 Å². The molecule has 1 saturated carbocycles. The number of carbonyl (C=O) groups excluding carboxylic acids is 2. The van der Waals surface area contributed by atoms with Crippen LogP contribution in [0.15, 0.2) is 24.3 Å². The van der Waals surface area contributed by atoms with E-state index >= 15 is 0 Å². The summed E-state index contributed by atoms with van der Waals surface area (Å²) in [5.41, 5.74) is -0.581. The molecular formula is C16H18F3NO3. The van der Waals surface area contributed by atoms with E-state index in [1.807, 2.05) is 0 Å². The van der Waals surface area contributed by atoms with E-state index < -0.39 is 41.5 Å². The molecule has 3 unspecified atom stereocenters. The quantitative estimate of drug-likeness (QED) is 0.845. The molecule has 0 saturated heterocycles. The summed E-state index contributed by atoms with van der Waals surface area (Å²) in [5, 5.41) is 2.49. The first-order valence-electron chi connectivity index (χ1n) is 7.38. The van der Waals surface area contributed by atoms with Crippen LogP contribution >= 0.6 is 0 Å². The van der Waals surface area contributed by atoms with Gasteiger partial charge in [0.15, 0.2) is 0 Å². The third kappa shape index (κ3) is 4.03. The molecule has 1 aliphatic rings. The van der Waals surface area contributed by atoms with E-state index in [4.69, 9.17) is 4.74 Å². The fraction of sp³-hybridized carbons (Fsp3) is 0.500. The van der Waals surface area contributed by atoms with Gasteiger partial charge in [-0.2, -0.15) is 13.2 Å². The number of amides is 1.